The monoisotopic (exact) mass is 384 g/mol. The van der Waals surface area contributed by atoms with E-state index in [1.165, 1.54) is 12.1 Å². The zero-order valence-electron chi connectivity index (χ0n) is 14.8. The van der Waals surface area contributed by atoms with Crippen LogP contribution in [0.1, 0.15) is 23.6 Å². The molecule has 2 aromatic rings. The Kier molecular flexibility index (Phi) is 6.53. The van der Waals surface area contributed by atoms with E-state index < -0.39 is 6.36 Å². The van der Waals surface area contributed by atoms with Gasteiger partial charge in [-0.15, -0.1) is 13.2 Å². The van der Waals surface area contributed by atoms with Crippen molar-refractivity contribution in [2.45, 2.75) is 26.6 Å². The lowest BCUT2D eigenvalue weighted by atomic mass is 9.99. The summed E-state index contributed by atoms with van der Waals surface area (Å²) in [7, 11) is 1.90. The van der Waals surface area contributed by atoms with Crippen LogP contribution in [0.3, 0.4) is 0 Å². The molecule has 0 aromatic heterocycles. The van der Waals surface area contributed by atoms with Crippen molar-refractivity contribution in [2.24, 2.45) is 4.99 Å². The molecule has 2 aromatic carbocycles. The van der Waals surface area contributed by atoms with E-state index in [4.69, 9.17) is 11.6 Å². The van der Waals surface area contributed by atoms with Crippen molar-refractivity contribution >= 4 is 23.6 Å². The van der Waals surface area contributed by atoms with E-state index in [1.807, 2.05) is 31.9 Å². The molecule has 7 heteroatoms. The highest BCUT2D eigenvalue weighted by Gasteiger charge is 2.32. The second-order valence-corrected chi connectivity index (χ2v) is 6.29. The van der Waals surface area contributed by atoms with Crippen LogP contribution in [0.4, 0.5) is 18.9 Å². The Bertz CT molecular complexity index is 791. The first-order valence-electron chi connectivity index (χ1n) is 8.06. The number of hydrogen-bond donors (Lipinski definition) is 0. The zero-order valence-corrected chi connectivity index (χ0v) is 15.5. The van der Waals surface area contributed by atoms with Crippen molar-refractivity contribution in [3.63, 3.8) is 0 Å². The van der Waals surface area contributed by atoms with E-state index in [1.54, 1.807) is 24.5 Å². The van der Waals surface area contributed by atoms with Crippen molar-refractivity contribution in [1.29, 1.82) is 0 Å². The fourth-order valence-corrected chi connectivity index (χ4v) is 2.55. The van der Waals surface area contributed by atoms with E-state index >= 15 is 0 Å². The van der Waals surface area contributed by atoms with Gasteiger partial charge in [0, 0.05) is 20.0 Å². The molecule has 0 heterocycles. The lowest BCUT2D eigenvalue weighted by Crippen LogP contribution is -2.18. The Morgan fingerprint density at radius 2 is 1.88 bits per heavy atom. The van der Waals surface area contributed by atoms with Gasteiger partial charge in [0.2, 0.25) is 0 Å². The fourth-order valence-electron chi connectivity index (χ4n) is 2.32. The number of ether oxygens (including phenoxy) is 1. The van der Waals surface area contributed by atoms with Crippen LogP contribution in [0, 0.1) is 6.92 Å². The molecule has 0 bridgehead atoms. The largest absolute Gasteiger partial charge is 0.573 e. The standard InChI is InChI=1S/C19H20ClF3N2O/c1-4-25(3)12-24-17-9-13(2)15(11-16(17)20)10-14-7-5-6-8-18(14)26-19(21,22)23/h5-9,11-12H,4,10H2,1-3H3. The maximum Gasteiger partial charge on any atom is 0.573 e. The Balaban J connectivity index is 2.29. The predicted molar refractivity (Wildman–Crippen MR) is 98.6 cm³/mol. The smallest absolute Gasteiger partial charge is 0.405 e. The lowest BCUT2D eigenvalue weighted by molar-refractivity contribution is -0.274. The van der Waals surface area contributed by atoms with Crippen LogP contribution in [0.5, 0.6) is 5.75 Å². The number of hydrogen-bond acceptors (Lipinski definition) is 2. The number of halogens is 4. The van der Waals surface area contributed by atoms with Crippen molar-refractivity contribution in [2.75, 3.05) is 13.6 Å². The third kappa shape index (κ3) is 5.66. The quantitative estimate of drug-likeness (QED) is 0.468. The minimum absolute atomic E-state index is 0.206. The summed E-state index contributed by atoms with van der Waals surface area (Å²) in [5.41, 5.74) is 2.76. The SMILES string of the molecule is CCN(C)C=Nc1cc(C)c(Cc2ccccc2OC(F)(F)F)cc1Cl. The minimum Gasteiger partial charge on any atom is -0.405 e. The molecule has 0 atom stereocenters. The van der Waals surface area contributed by atoms with E-state index in [-0.39, 0.29) is 12.2 Å². The maximum atomic E-state index is 12.6. The summed E-state index contributed by atoms with van der Waals surface area (Å²) in [6.45, 7) is 4.69. The molecule has 0 aliphatic carbocycles. The topological polar surface area (TPSA) is 24.8 Å². The third-order valence-corrected chi connectivity index (χ3v) is 4.18. The molecule has 0 saturated heterocycles. The maximum absolute atomic E-state index is 12.6. The number of alkyl halides is 3. The summed E-state index contributed by atoms with van der Waals surface area (Å²) in [6, 6.07) is 9.65. The molecule has 0 aliphatic heterocycles. The van der Waals surface area contributed by atoms with Gasteiger partial charge in [0.05, 0.1) is 17.0 Å². The Labute approximate surface area is 156 Å². The van der Waals surface area contributed by atoms with Gasteiger partial charge >= 0.3 is 6.36 Å². The second kappa shape index (κ2) is 8.45. The van der Waals surface area contributed by atoms with Gasteiger partial charge in [-0.3, -0.25) is 0 Å². The number of rotatable bonds is 6. The third-order valence-electron chi connectivity index (χ3n) is 3.88. The van der Waals surface area contributed by atoms with E-state index in [2.05, 4.69) is 9.73 Å². The van der Waals surface area contributed by atoms with Crippen LogP contribution in [-0.4, -0.2) is 31.2 Å². The molecule has 3 nitrogen and oxygen atoms in total. The average Bonchev–Trinajstić information content (AvgIpc) is 2.56. The molecule has 26 heavy (non-hydrogen) atoms. The van der Waals surface area contributed by atoms with Crippen molar-refractivity contribution in [1.82, 2.24) is 4.90 Å². The molecule has 140 valence electrons. The molecule has 0 amide bonds. The average molecular weight is 385 g/mol. The summed E-state index contributed by atoms with van der Waals surface area (Å²) in [6.07, 6.45) is -2.77. The lowest BCUT2D eigenvalue weighted by Gasteiger charge is -2.15. The van der Waals surface area contributed by atoms with E-state index in [9.17, 15) is 13.2 Å². The summed E-state index contributed by atoms with van der Waals surface area (Å²) in [4.78, 5) is 6.25. The van der Waals surface area contributed by atoms with Gasteiger partial charge < -0.3 is 9.64 Å². The van der Waals surface area contributed by atoms with Crippen LogP contribution in [0.15, 0.2) is 41.4 Å². The number of aliphatic imine (C=N–C) groups is 1. The first-order chi connectivity index (χ1) is 12.2. The van der Waals surface area contributed by atoms with Crippen molar-refractivity contribution in [3.05, 3.63) is 58.1 Å². The van der Waals surface area contributed by atoms with Crippen LogP contribution in [-0.2, 0) is 6.42 Å². The first kappa shape index (κ1) is 20.1. The molecule has 0 spiro atoms. The van der Waals surface area contributed by atoms with E-state index in [0.717, 1.165) is 17.7 Å². The summed E-state index contributed by atoms with van der Waals surface area (Å²) in [5, 5.41) is 0.445. The van der Waals surface area contributed by atoms with Gasteiger partial charge in [-0.05, 0) is 48.7 Å². The number of benzene rings is 2. The summed E-state index contributed by atoms with van der Waals surface area (Å²) in [5.74, 6) is -0.206. The molecule has 0 saturated carbocycles. The second-order valence-electron chi connectivity index (χ2n) is 5.88. The predicted octanol–water partition coefficient (Wildman–Crippen LogP) is 5.75. The van der Waals surface area contributed by atoms with Gasteiger partial charge in [-0.25, -0.2) is 4.99 Å². The number of para-hydroxylation sites is 1. The summed E-state index contributed by atoms with van der Waals surface area (Å²) >= 11 is 6.30. The van der Waals surface area contributed by atoms with Gasteiger partial charge in [-0.1, -0.05) is 29.8 Å². The molecular formula is C19H20ClF3N2O. The molecule has 0 unspecified atom stereocenters. The Morgan fingerprint density at radius 3 is 2.54 bits per heavy atom. The van der Waals surface area contributed by atoms with E-state index in [0.29, 0.717) is 16.3 Å². The fraction of sp³-hybridized carbons (Fsp3) is 0.316. The number of nitrogens with zero attached hydrogens (tertiary/aromatic N) is 2. The highest BCUT2D eigenvalue weighted by Crippen LogP contribution is 2.32. The highest BCUT2D eigenvalue weighted by molar-refractivity contribution is 6.33. The molecule has 2 rings (SSSR count). The van der Waals surface area contributed by atoms with Gasteiger partial charge in [0.1, 0.15) is 5.75 Å². The van der Waals surface area contributed by atoms with Crippen LogP contribution in [0.2, 0.25) is 5.02 Å². The highest BCUT2D eigenvalue weighted by atomic mass is 35.5. The van der Waals surface area contributed by atoms with Crippen molar-refractivity contribution in [3.8, 4) is 5.75 Å². The summed E-state index contributed by atoms with van der Waals surface area (Å²) < 4.78 is 41.8. The molecule has 0 aliphatic rings. The van der Waals surface area contributed by atoms with Gasteiger partial charge in [0.15, 0.2) is 0 Å². The molecule has 0 radical (unpaired) electrons. The first-order valence-corrected chi connectivity index (χ1v) is 8.44. The molecule has 0 fully saturated rings. The molecular weight excluding hydrogens is 365 g/mol. The Hall–Kier alpha value is -2.21. The Morgan fingerprint density at radius 1 is 1.19 bits per heavy atom. The van der Waals surface area contributed by atoms with Crippen LogP contribution < -0.4 is 4.74 Å². The van der Waals surface area contributed by atoms with Gasteiger partial charge in [-0.2, -0.15) is 0 Å². The van der Waals surface area contributed by atoms with Crippen LogP contribution >= 0.6 is 11.6 Å². The minimum atomic E-state index is -4.73. The number of aryl methyl sites for hydroxylation is 1. The van der Waals surface area contributed by atoms with Crippen molar-refractivity contribution < 1.29 is 17.9 Å². The zero-order chi connectivity index (χ0) is 19.3. The molecule has 0 N–H and O–H groups in total. The normalized spacial score (nSPS) is 11.8. The van der Waals surface area contributed by atoms with Crippen LogP contribution in [0.25, 0.3) is 0 Å². The van der Waals surface area contributed by atoms with Gasteiger partial charge in [0.25, 0.3) is 0 Å².